The van der Waals surface area contributed by atoms with E-state index in [1.807, 2.05) is 6.92 Å². The molecule has 1 rings (SSSR count). The molecule has 0 saturated heterocycles. The van der Waals surface area contributed by atoms with Gasteiger partial charge in [0, 0.05) is 12.1 Å². The summed E-state index contributed by atoms with van der Waals surface area (Å²) in [4.78, 5) is 4.37. The van der Waals surface area contributed by atoms with Gasteiger partial charge in [0.15, 0.2) is 5.90 Å². The molecule has 0 fully saturated rings. The summed E-state index contributed by atoms with van der Waals surface area (Å²) in [6.07, 6.45) is 5.21. The second kappa shape index (κ2) is 4.26. The first-order valence-corrected chi connectivity index (χ1v) is 4.60. The molecule has 1 atom stereocenters. The lowest BCUT2D eigenvalue weighted by Crippen LogP contribution is -2.08. The number of nitrogens with zero attached hydrogens (tertiary/aromatic N) is 1. The number of ether oxygens (including phenoxy) is 1. The topological polar surface area (TPSA) is 21.6 Å². The summed E-state index contributed by atoms with van der Waals surface area (Å²) in [5, 5.41) is 0. The Hall–Kier alpha value is -1.05. The van der Waals surface area contributed by atoms with E-state index in [2.05, 4.69) is 31.0 Å². The van der Waals surface area contributed by atoms with Gasteiger partial charge in [0.05, 0.1) is 7.11 Å². The van der Waals surface area contributed by atoms with E-state index in [0.717, 1.165) is 18.0 Å². The predicted octanol–water partition coefficient (Wildman–Crippen LogP) is 2.92. The van der Waals surface area contributed by atoms with Crippen molar-refractivity contribution in [3.63, 3.8) is 0 Å². The molecule has 0 aromatic carbocycles. The van der Waals surface area contributed by atoms with Crippen LogP contribution < -0.4 is 0 Å². The van der Waals surface area contributed by atoms with E-state index in [-0.39, 0.29) is 0 Å². The van der Waals surface area contributed by atoms with Gasteiger partial charge in [-0.25, -0.2) is 4.99 Å². The Morgan fingerprint density at radius 1 is 1.46 bits per heavy atom. The minimum atomic E-state index is 0.503. The summed E-state index contributed by atoms with van der Waals surface area (Å²) >= 11 is 0. The van der Waals surface area contributed by atoms with Crippen molar-refractivity contribution in [2.75, 3.05) is 7.11 Å². The minimum absolute atomic E-state index is 0.503. The summed E-state index contributed by atoms with van der Waals surface area (Å²) in [6, 6.07) is 0. The van der Waals surface area contributed by atoms with Crippen molar-refractivity contribution in [1.82, 2.24) is 0 Å². The smallest absolute Gasteiger partial charge is 0.188 e. The van der Waals surface area contributed by atoms with Gasteiger partial charge in [0.2, 0.25) is 0 Å². The van der Waals surface area contributed by atoms with Crippen LogP contribution >= 0.6 is 0 Å². The Labute approximate surface area is 80.0 Å². The number of methoxy groups -OCH3 is 1. The molecule has 0 amide bonds. The lowest BCUT2D eigenvalue weighted by molar-refractivity contribution is 0.382. The van der Waals surface area contributed by atoms with Gasteiger partial charge in [0.1, 0.15) is 0 Å². The van der Waals surface area contributed by atoms with Gasteiger partial charge in [0.25, 0.3) is 0 Å². The Kier molecular flexibility index (Phi) is 3.29. The number of aliphatic imine (C=N–C) groups is 1. The number of allylic oxidation sites excluding steroid dienone is 4. The van der Waals surface area contributed by atoms with Gasteiger partial charge in [-0.1, -0.05) is 18.6 Å². The first-order valence-electron chi connectivity index (χ1n) is 4.60. The Balaban J connectivity index is 2.94. The lowest BCUT2D eigenvalue weighted by atomic mass is 10.0. The van der Waals surface area contributed by atoms with Crippen LogP contribution in [0.3, 0.4) is 0 Å². The van der Waals surface area contributed by atoms with Crippen LogP contribution in [0.5, 0.6) is 0 Å². The third-order valence-electron chi connectivity index (χ3n) is 2.02. The summed E-state index contributed by atoms with van der Waals surface area (Å²) in [5.41, 5.74) is 2.29. The average Bonchev–Trinajstić information content (AvgIpc) is 1.99. The highest BCUT2D eigenvalue weighted by atomic mass is 16.5. The molecule has 0 spiro atoms. The van der Waals surface area contributed by atoms with Crippen LogP contribution in [0.4, 0.5) is 0 Å². The molecule has 0 radical (unpaired) electrons. The fourth-order valence-corrected chi connectivity index (χ4v) is 1.56. The highest BCUT2D eigenvalue weighted by molar-refractivity contribution is 5.77. The van der Waals surface area contributed by atoms with Gasteiger partial charge in [-0.2, -0.15) is 0 Å². The Morgan fingerprint density at radius 3 is 2.77 bits per heavy atom. The van der Waals surface area contributed by atoms with Gasteiger partial charge >= 0.3 is 0 Å². The molecule has 0 aromatic rings. The summed E-state index contributed by atoms with van der Waals surface area (Å²) in [5.74, 6) is 1.33. The summed E-state index contributed by atoms with van der Waals surface area (Å²) < 4.78 is 5.18. The van der Waals surface area contributed by atoms with E-state index in [9.17, 15) is 0 Å². The van der Waals surface area contributed by atoms with Crippen molar-refractivity contribution in [2.45, 2.75) is 27.2 Å². The predicted molar refractivity (Wildman–Crippen MR) is 55.7 cm³/mol. The zero-order chi connectivity index (χ0) is 9.84. The summed E-state index contributed by atoms with van der Waals surface area (Å²) in [6.45, 7) is 6.27. The molecule has 2 nitrogen and oxygen atoms in total. The fraction of sp³-hybridized carbons (Fsp3) is 0.545. The third kappa shape index (κ3) is 3.05. The standard InChI is InChI=1S/C11H17NO/c1-8-5-9(2)7-11(13-4)12-10(3)6-8/h5-6,9H,7H2,1-4H3. The van der Waals surface area contributed by atoms with Crippen molar-refractivity contribution in [3.05, 3.63) is 23.4 Å². The second-order valence-electron chi connectivity index (χ2n) is 3.59. The molecular formula is C11H17NO. The molecule has 0 aromatic heterocycles. The van der Waals surface area contributed by atoms with Gasteiger partial charge in [-0.15, -0.1) is 0 Å². The molecule has 2 heteroatoms. The molecule has 1 unspecified atom stereocenters. The van der Waals surface area contributed by atoms with Crippen LogP contribution in [0.15, 0.2) is 28.4 Å². The number of hydrogen-bond acceptors (Lipinski definition) is 2. The zero-order valence-electron chi connectivity index (χ0n) is 8.79. The normalized spacial score (nSPS) is 23.7. The van der Waals surface area contributed by atoms with Crippen molar-refractivity contribution in [3.8, 4) is 0 Å². The minimum Gasteiger partial charge on any atom is -0.484 e. The van der Waals surface area contributed by atoms with Crippen molar-refractivity contribution in [1.29, 1.82) is 0 Å². The van der Waals surface area contributed by atoms with E-state index in [1.165, 1.54) is 5.57 Å². The number of hydrogen-bond donors (Lipinski definition) is 0. The average molecular weight is 179 g/mol. The van der Waals surface area contributed by atoms with Crippen LogP contribution in [0, 0.1) is 5.92 Å². The molecule has 1 heterocycles. The quantitative estimate of drug-likeness (QED) is 0.560. The van der Waals surface area contributed by atoms with E-state index in [0.29, 0.717) is 5.92 Å². The first kappa shape index (κ1) is 10.0. The Bertz CT molecular complexity index is 274. The van der Waals surface area contributed by atoms with Crippen LogP contribution in [0.2, 0.25) is 0 Å². The molecule has 1 aliphatic rings. The van der Waals surface area contributed by atoms with E-state index < -0.39 is 0 Å². The molecule has 1 aliphatic heterocycles. The van der Waals surface area contributed by atoms with Crippen LogP contribution in [0.1, 0.15) is 27.2 Å². The van der Waals surface area contributed by atoms with Crippen LogP contribution in [-0.4, -0.2) is 13.0 Å². The maximum Gasteiger partial charge on any atom is 0.188 e. The maximum absolute atomic E-state index is 5.18. The molecule has 0 N–H and O–H groups in total. The van der Waals surface area contributed by atoms with Gasteiger partial charge in [-0.05, 0) is 25.8 Å². The highest BCUT2D eigenvalue weighted by Crippen LogP contribution is 2.15. The summed E-state index contributed by atoms with van der Waals surface area (Å²) in [7, 11) is 1.68. The fourth-order valence-electron chi connectivity index (χ4n) is 1.56. The molecule has 0 bridgehead atoms. The molecule has 13 heavy (non-hydrogen) atoms. The van der Waals surface area contributed by atoms with Crippen molar-refractivity contribution < 1.29 is 4.74 Å². The van der Waals surface area contributed by atoms with E-state index in [4.69, 9.17) is 4.74 Å². The first-order chi connectivity index (χ1) is 6.11. The molecule has 0 saturated carbocycles. The van der Waals surface area contributed by atoms with E-state index >= 15 is 0 Å². The highest BCUT2D eigenvalue weighted by Gasteiger charge is 2.08. The monoisotopic (exact) mass is 179 g/mol. The molecular weight excluding hydrogens is 162 g/mol. The second-order valence-corrected chi connectivity index (χ2v) is 3.59. The maximum atomic E-state index is 5.18. The van der Waals surface area contributed by atoms with Gasteiger partial charge in [-0.3, -0.25) is 0 Å². The molecule has 72 valence electrons. The third-order valence-corrected chi connectivity index (χ3v) is 2.02. The Morgan fingerprint density at radius 2 is 2.15 bits per heavy atom. The number of rotatable bonds is 0. The lowest BCUT2D eigenvalue weighted by Gasteiger charge is -2.12. The van der Waals surface area contributed by atoms with E-state index in [1.54, 1.807) is 7.11 Å². The molecule has 0 aliphatic carbocycles. The zero-order valence-corrected chi connectivity index (χ0v) is 8.79. The van der Waals surface area contributed by atoms with Gasteiger partial charge < -0.3 is 4.74 Å². The van der Waals surface area contributed by atoms with Crippen LogP contribution in [-0.2, 0) is 4.74 Å². The SMILES string of the molecule is COC1=NC(C)=CC(C)=CC(C)C1. The van der Waals surface area contributed by atoms with Crippen molar-refractivity contribution >= 4 is 5.90 Å². The van der Waals surface area contributed by atoms with Crippen molar-refractivity contribution in [2.24, 2.45) is 10.9 Å². The largest absolute Gasteiger partial charge is 0.484 e. The van der Waals surface area contributed by atoms with Crippen LogP contribution in [0.25, 0.3) is 0 Å².